The maximum Gasteiger partial charge on any atom is 0.192 e. The van der Waals surface area contributed by atoms with Crippen LogP contribution in [-0.2, 0) is 38.0 Å². The van der Waals surface area contributed by atoms with Crippen molar-refractivity contribution in [3.8, 4) is 0 Å². The predicted octanol–water partition coefficient (Wildman–Crippen LogP) is 2.39. The Morgan fingerprint density at radius 2 is 1.64 bits per heavy atom. The van der Waals surface area contributed by atoms with Gasteiger partial charge in [-0.2, -0.15) is 0 Å². The third-order valence-corrected chi connectivity index (χ3v) is 5.92. The van der Waals surface area contributed by atoms with E-state index in [0.29, 0.717) is 19.6 Å². The van der Waals surface area contributed by atoms with Gasteiger partial charge in [0.15, 0.2) is 11.8 Å². The van der Waals surface area contributed by atoms with Crippen molar-refractivity contribution in [3.63, 3.8) is 0 Å². The van der Waals surface area contributed by atoms with E-state index in [-0.39, 0.29) is 0 Å². The van der Waals surface area contributed by atoms with Gasteiger partial charge in [0.25, 0.3) is 0 Å². The molecule has 0 bridgehead atoms. The van der Waals surface area contributed by atoms with Gasteiger partial charge in [-0.15, -0.1) is 10.2 Å². The normalized spacial score (nSPS) is 14.9. The second kappa shape index (κ2) is 11.6. The highest BCUT2D eigenvalue weighted by Gasteiger charge is 2.13. The summed E-state index contributed by atoms with van der Waals surface area (Å²) >= 11 is 0. The van der Waals surface area contributed by atoms with Crippen LogP contribution in [0.5, 0.6) is 0 Å². The van der Waals surface area contributed by atoms with E-state index < -0.39 is 0 Å². The Hall–Kier alpha value is -3.23. The fourth-order valence-corrected chi connectivity index (χ4v) is 3.76. The number of nitrogens with zero attached hydrogens (tertiary/aromatic N) is 5. The molecule has 174 valence electrons. The van der Waals surface area contributed by atoms with E-state index in [1.54, 1.807) is 0 Å². The van der Waals surface area contributed by atoms with E-state index >= 15 is 0 Å². The Morgan fingerprint density at radius 1 is 0.939 bits per heavy atom. The quantitative estimate of drug-likeness (QED) is 0.408. The summed E-state index contributed by atoms with van der Waals surface area (Å²) in [5.41, 5.74) is 3.77. The number of aromatic nitrogens is 3. The van der Waals surface area contributed by atoms with Crippen molar-refractivity contribution in [2.24, 2.45) is 12.0 Å². The molecule has 0 unspecified atom stereocenters. The number of ether oxygens (including phenoxy) is 1. The number of guanidine groups is 1. The maximum atomic E-state index is 5.49. The summed E-state index contributed by atoms with van der Waals surface area (Å²) in [6.45, 7) is 8.29. The van der Waals surface area contributed by atoms with Crippen LogP contribution in [0.15, 0.2) is 59.6 Å². The monoisotopic (exact) mass is 447 g/mol. The minimum Gasteiger partial charge on any atom is -0.379 e. The molecule has 2 heterocycles. The number of hydrogen-bond acceptors (Lipinski definition) is 5. The SMILES string of the molecule is Cc1nnc(CNC(=NCc2ccccc2)NCc2ccccc2CN2CCOCC2)n1C. The molecule has 0 aliphatic carbocycles. The highest BCUT2D eigenvalue weighted by atomic mass is 16.5. The molecule has 0 amide bonds. The zero-order valence-corrected chi connectivity index (χ0v) is 19.5. The lowest BCUT2D eigenvalue weighted by Gasteiger charge is -2.27. The van der Waals surface area contributed by atoms with Crippen molar-refractivity contribution >= 4 is 5.96 Å². The van der Waals surface area contributed by atoms with Crippen LogP contribution >= 0.6 is 0 Å². The van der Waals surface area contributed by atoms with Crippen LogP contribution in [0.3, 0.4) is 0 Å². The van der Waals surface area contributed by atoms with E-state index in [4.69, 9.17) is 9.73 Å². The first-order valence-electron chi connectivity index (χ1n) is 11.5. The Morgan fingerprint density at radius 3 is 2.36 bits per heavy atom. The van der Waals surface area contributed by atoms with Gasteiger partial charge in [0.05, 0.1) is 26.3 Å². The van der Waals surface area contributed by atoms with Crippen LogP contribution in [0.2, 0.25) is 0 Å². The van der Waals surface area contributed by atoms with Crippen LogP contribution in [0.4, 0.5) is 0 Å². The minimum atomic E-state index is 0.549. The molecule has 0 radical (unpaired) electrons. The van der Waals surface area contributed by atoms with E-state index in [2.05, 4.69) is 62.1 Å². The topological polar surface area (TPSA) is 79.6 Å². The van der Waals surface area contributed by atoms with E-state index in [1.165, 1.54) is 16.7 Å². The third kappa shape index (κ3) is 6.63. The molecule has 33 heavy (non-hydrogen) atoms. The molecule has 3 aromatic rings. The Kier molecular flexibility index (Phi) is 8.05. The zero-order chi connectivity index (χ0) is 22.9. The first-order valence-corrected chi connectivity index (χ1v) is 11.5. The summed E-state index contributed by atoms with van der Waals surface area (Å²) in [5.74, 6) is 2.51. The number of aliphatic imine (C=N–C) groups is 1. The van der Waals surface area contributed by atoms with Crippen molar-refractivity contribution in [2.45, 2.75) is 33.1 Å². The molecule has 2 aromatic carbocycles. The van der Waals surface area contributed by atoms with Gasteiger partial charge in [-0.05, 0) is 23.6 Å². The summed E-state index contributed by atoms with van der Waals surface area (Å²) in [4.78, 5) is 7.26. The summed E-state index contributed by atoms with van der Waals surface area (Å²) < 4.78 is 7.48. The first-order chi connectivity index (χ1) is 16.2. The molecule has 1 fully saturated rings. The molecule has 2 N–H and O–H groups in total. The van der Waals surface area contributed by atoms with Crippen molar-refractivity contribution in [3.05, 3.63) is 82.9 Å². The Labute approximate surface area is 195 Å². The van der Waals surface area contributed by atoms with Crippen molar-refractivity contribution < 1.29 is 4.74 Å². The molecule has 1 aliphatic rings. The lowest BCUT2D eigenvalue weighted by atomic mass is 10.1. The third-order valence-electron chi connectivity index (χ3n) is 5.92. The molecule has 0 atom stereocenters. The van der Waals surface area contributed by atoms with Crippen molar-refractivity contribution in [1.29, 1.82) is 0 Å². The summed E-state index contributed by atoms with van der Waals surface area (Å²) in [6.07, 6.45) is 0. The van der Waals surface area contributed by atoms with Gasteiger partial charge in [0.1, 0.15) is 5.82 Å². The molecule has 0 spiro atoms. The van der Waals surface area contributed by atoms with Gasteiger partial charge in [0, 0.05) is 33.2 Å². The number of morpholine rings is 1. The van der Waals surface area contributed by atoms with E-state index in [9.17, 15) is 0 Å². The van der Waals surface area contributed by atoms with Crippen LogP contribution in [0, 0.1) is 6.92 Å². The molecule has 1 aromatic heterocycles. The molecule has 8 heteroatoms. The van der Waals surface area contributed by atoms with Crippen LogP contribution < -0.4 is 10.6 Å². The number of rotatable bonds is 8. The first kappa shape index (κ1) is 22.9. The fraction of sp³-hybridized carbons (Fsp3) is 0.400. The summed E-state index contributed by atoms with van der Waals surface area (Å²) in [6, 6.07) is 18.9. The van der Waals surface area contributed by atoms with Gasteiger partial charge in [0.2, 0.25) is 0 Å². The second-order valence-corrected chi connectivity index (χ2v) is 8.24. The van der Waals surface area contributed by atoms with Gasteiger partial charge >= 0.3 is 0 Å². The molecule has 0 saturated carbocycles. The smallest absolute Gasteiger partial charge is 0.192 e. The second-order valence-electron chi connectivity index (χ2n) is 8.24. The lowest BCUT2D eigenvalue weighted by Crippen LogP contribution is -2.38. The van der Waals surface area contributed by atoms with Crippen LogP contribution in [0.25, 0.3) is 0 Å². The highest BCUT2D eigenvalue weighted by Crippen LogP contribution is 2.13. The number of benzene rings is 2. The van der Waals surface area contributed by atoms with E-state index in [1.807, 2.05) is 36.7 Å². The summed E-state index contributed by atoms with van der Waals surface area (Å²) in [7, 11) is 1.97. The minimum absolute atomic E-state index is 0.549. The summed E-state index contributed by atoms with van der Waals surface area (Å²) in [5, 5.41) is 15.3. The average Bonchev–Trinajstić information content (AvgIpc) is 3.18. The van der Waals surface area contributed by atoms with Crippen molar-refractivity contribution in [2.75, 3.05) is 26.3 Å². The fourth-order valence-electron chi connectivity index (χ4n) is 3.76. The number of aryl methyl sites for hydroxylation is 1. The molecular formula is C25H33N7O. The predicted molar refractivity (Wildman–Crippen MR) is 130 cm³/mol. The van der Waals surface area contributed by atoms with Gasteiger partial charge in [-0.25, -0.2) is 4.99 Å². The van der Waals surface area contributed by atoms with Gasteiger partial charge in [-0.1, -0.05) is 54.6 Å². The van der Waals surface area contributed by atoms with Crippen LogP contribution in [0.1, 0.15) is 28.3 Å². The van der Waals surface area contributed by atoms with Gasteiger partial charge in [-0.3, -0.25) is 4.90 Å². The largest absolute Gasteiger partial charge is 0.379 e. The van der Waals surface area contributed by atoms with Crippen molar-refractivity contribution in [1.82, 2.24) is 30.3 Å². The van der Waals surface area contributed by atoms with Crippen LogP contribution in [-0.4, -0.2) is 51.9 Å². The molecule has 1 aliphatic heterocycles. The Balaban J connectivity index is 1.43. The molecule has 8 nitrogen and oxygen atoms in total. The lowest BCUT2D eigenvalue weighted by molar-refractivity contribution is 0.0341. The molecule has 1 saturated heterocycles. The molecule has 4 rings (SSSR count). The average molecular weight is 448 g/mol. The standard InChI is InChI=1S/C25H33N7O/c1-20-29-30-24(31(20)2)18-28-25(26-16-21-8-4-3-5-9-21)27-17-22-10-6-7-11-23(22)19-32-12-14-33-15-13-32/h3-11H,12-19H2,1-2H3,(H2,26,27,28). The zero-order valence-electron chi connectivity index (χ0n) is 19.5. The van der Waals surface area contributed by atoms with Gasteiger partial charge < -0.3 is 19.9 Å². The number of hydrogen-bond donors (Lipinski definition) is 2. The molecular weight excluding hydrogens is 414 g/mol. The number of nitrogens with one attached hydrogen (secondary N) is 2. The maximum absolute atomic E-state index is 5.49. The van der Waals surface area contributed by atoms with E-state index in [0.717, 1.165) is 50.5 Å². The Bertz CT molecular complexity index is 1040. The highest BCUT2D eigenvalue weighted by molar-refractivity contribution is 5.79.